The van der Waals surface area contributed by atoms with E-state index in [1.54, 1.807) is 24.3 Å². The summed E-state index contributed by atoms with van der Waals surface area (Å²) in [5.74, 6) is -0.928. The molecular formula is C11H13NO3. The van der Waals surface area contributed by atoms with E-state index in [9.17, 15) is 9.59 Å². The van der Waals surface area contributed by atoms with Gasteiger partial charge in [-0.2, -0.15) is 0 Å². The van der Waals surface area contributed by atoms with Gasteiger partial charge in [-0.25, -0.2) is 4.79 Å². The van der Waals surface area contributed by atoms with Crippen molar-refractivity contribution in [3.63, 3.8) is 0 Å². The fourth-order valence-corrected chi connectivity index (χ4v) is 1.26. The third-order valence-electron chi connectivity index (χ3n) is 2.04. The van der Waals surface area contributed by atoms with Gasteiger partial charge in [0.15, 0.2) is 0 Å². The Morgan fingerprint density at radius 2 is 2.00 bits per heavy atom. The van der Waals surface area contributed by atoms with E-state index >= 15 is 0 Å². The van der Waals surface area contributed by atoms with Crippen molar-refractivity contribution in [2.45, 2.75) is 6.54 Å². The van der Waals surface area contributed by atoms with E-state index in [0.29, 0.717) is 13.1 Å². The van der Waals surface area contributed by atoms with Gasteiger partial charge in [-0.1, -0.05) is 12.1 Å². The largest absolute Gasteiger partial charge is 0.478 e. The number of nitrogens with zero attached hydrogens (tertiary/aromatic N) is 1. The molecule has 1 aromatic carbocycles. The van der Waals surface area contributed by atoms with E-state index in [1.807, 2.05) is 11.9 Å². The van der Waals surface area contributed by atoms with Crippen LogP contribution in [0.4, 0.5) is 0 Å². The Bertz CT molecular complexity index is 345. The first kappa shape index (κ1) is 11.4. The smallest absolute Gasteiger partial charge is 0.335 e. The minimum absolute atomic E-state index is 0.275. The lowest BCUT2D eigenvalue weighted by molar-refractivity contribution is -0.108. The molecule has 15 heavy (non-hydrogen) atoms. The summed E-state index contributed by atoms with van der Waals surface area (Å²) in [6.45, 7) is 1.01. The number of hydrogen-bond donors (Lipinski definition) is 1. The van der Waals surface area contributed by atoms with Gasteiger partial charge < -0.3 is 9.90 Å². The second-order valence-corrected chi connectivity index (χ2v) is 3.37. The summed E-state index contributed by atoms with van der Waals surface area (Å²) < 4.78 is 0. The van der Waals surface area contributed by atoms with E-state index in [-0.39, 0.29) is 5.56 Å². The Labute approximate surface area is 88.1 Å². The molecular weight excluding hydrogens is 194 g/mol. The maximum Gasteiger partial charge on any atom is 0.335 e. The zero-order valence-corrected chi connectivity index (χ0v) is 8.51. The highest BCUT2D eigenvalue weighted by Crippen LogP contribution is 2.06. The predicted octanol–water partition coefficient (Wildman–Crippen LogP) is 1.02. The molecule has 0 amide bonds. The van der Waals surface area contributed by atoms with Crippen molar-refractivity contribution in [1.29, 1.82) is 0 Å². The van der Waals surface area contributed by atoms with Crippen LogP contribution in [-0.2, 0) is 11.3 Å². The number of hydrogen-bond acceptors (Lipinski definition) is 3. The molecule has 0 aliphatic rings. The number of carbonyl (C=O) groups excluding carboxylic acids is 1. The lowest BCUT2D eigenvalue weighted by Gasteiger charge is -2.12. The molecule has 0 saturated carbocycles. The first-order valence-electron chi connectivity index (χ1n) is 4.58. The van der Waals surface area contributed by atoms with Crippen LogP contribution in [0.25, 0.3) is 0 Å². The van der Waals surface area contributed by atoms with Crippen molar-refractivity contribution in [1.82, 2.24) is 4.90 Å². The minimum Gasteiger partial charge on any atom is -0.478 e. The average molecular weight is 207 g/mol. The first-order chi connectivity index (χ1) is 7.13. The number of benzene rings is 1. The van der Waals surface area contributed by atoms with Gasteiger partial charge in [0.1, 0.15) is 6.29 Å². The lowest BCUT2D eigenvalue weighted by Crippen LogP contribution is -2.19. The Kier molecular flexibility index (Phi) is 4.00. The Morgan fingerprint density at radius 3 is 2.47 bits per heavy atom. The van der Waals surface area contributed by atoms with Crippen LogP contribution in [-0.4, -0.2) is 35.9 Å². The molecule has 0 spiro atoms. The molecule has 0 aliphatic carbocycles. The number of aromatic carboxylic acids is 1. The number of carbonyl (C=O) groups is 2. The van der Waals surface area contributed by atoms with E-state index in [2.05, 4.69) is 0 Å². The van der Waals surface area contributed by atoms with Gasteiger partial charge >= 0.3 is 5.97 Å². The van der Waals surface area contributed by atoms with Crippen LogP contribution >= 0.6 is 0 Å². The molecule has 0 heterocycles. The molecule has 0 aromatic heterocycles. The highest BCUT2D eigenvalue weighted by atomic mass is 16.4. The van der Waals surface area contributed by atoms with Crippen LogP contribution in [0.2, 0.25) is 0 Å². The quantitative estimate of drug-likeness (QED) is 0.732. The number of carboxylic acid groups (broad SMARTS) is 1. The van der Waals surface area contributed by atoms with Crippen molar-refractivity contribution in [3.8, 4) is 0 Å². The van der Waals surface area contributed by atoms with Gasteiger partial charge in [0.2, 0.25) is 0 Å². The molecule has 0 radical (unpaired) electrons. The molecule has 80 valence electrons. The standard InChI is InChI=1S/C11H13NO3/c1-12(6-7-13)8-9-2-4-10(5-3-9)11(14)15/h2-5,7H,6,8H2,1H3,(H,14,15). The van der Waals surface area contributed by atoms with Crippen molar-refractivity contribution in [2.75, 3.05) is 13.6 Å². The number of aldehydes is 1. The minimum atomic E-state index is -0.928. The molecule has 0 bridgehead atoms. The molecule has 0 unspecified atom stereocenters. The molecule has 0 saturated heterocycles. The predicted molar refractivity (Wildman–Crippen MR) is 55.8 cm³/mol. The topological polar surface area (TPSA) is 57.6 Å². The van der Waals surface area contributed by atoms with Gasteiger partial charge in [0, 0.05) is 6.54 Å². The van der Waals surface area contributed by atoms with Gasteiger partial charge in [0.05, 0.1) is 12.1 Å². The van der Waals surface area contributed by atoms with Crippen LogP contribution < -0.4 is 0 Å². The molecule has 0 atom stereocenters. The Balaban J connectivity index is 2.64. The number of likely N-dealkylation sites (N-methyl/N-ethyl adjacent to an activating group) is 1. The summed E-state index contributed by atoms with van der Waals surface area (Å²) in [7, 11) is 1.83. The van der Waals surface area contributed by atoms with Crippen LogP contribution in [0.3, 0.4) is 0 Å². The Hall–Kier alpha value is -1.68. The first-order valence-corrected chi connectivity index (χ1v) is 4.58. The summed E-state index contributed by atoms with van der Waals surface area (Å²) in [4.78, 5) is 22.7. The molecule has 0 aliphatic heterocycles. The SMILES string of the molecule is CN(CC=O)Cc1ccc(C(=O)O)cc1. The number of carboxylic acids is 1. The summed E-state index contributed by atoms with van der Waals surface area (Å²) in [6.07, 6.45) is 0.839. The summed E-state index contributed by atoms with van der Waals surface area (Å²) in [5, 5.41) is 8.69. The normalized spacial score (nSPS) is 10.3. The van der Waals surface area contributed by atoms with Gasteiger partial charge in [-0.15, -0.1) is 0 Å². The van der Waals surface area contributed by atoms with Crippen LogP contribution in [0.5, 0.6) is 0 Å². The van der Waals surface area contributed by atoms with Gasteiger partial charge in [-0.3, -0.25) is 4.90 Å². The second kappa shape index (κ2) is 5.26. The number of rotatable bonds is 5. The third-order valence-corrected chi connectivity index (χ3v) is 2.04. The van der Waals surface area contributed by atoms with E-state index in [0.717, 1.165) is 11.8 Å². The zero-order valence-electron chi connectivity index (χ0n) is 8.51. The molecule has 1 aromatic rings. The maximum atomic E-state index is 10.6. The monoisotopic (exact) mass is 207 g/mol. The highest BCUT2D eigenvalue weighted by molar-refractivity contribution is 5.87. The second-order valence-electron chi connectivity index (χ2n) is 3.37. The van der Waals surface area contributed by atoms with Crippen LogP contribution in [0.1, 0.15) is 15.9 Å². The van der Waals surface area contributed by atoms with Gasteiger partial charge in [0.25, 0.3) is 0 Å². The van der Waals surface area contributed by atoms with Crippen molar-refractivity contribution in [3.05, 3.63) is 35.4 Å². The lowest BCUT2D eigenvalue weighted by atomic mass is 10.1. The van der Waals surface area contributed by atoms with E-state index < -0.39 is 5.97 Å². The third kappa shape index (κ3) is 3.52. The molecule has 1 rings (SSSR count). The Morgan fingerprint density at radius 1 is 1.40 bits per heavy atom. The molecule has 1 N–H and O–H groups in total. The van der Waals surface area contributed by atoms with Crippen LogP contribution in [0.15, 0.2) is 24.3 Å². The van der Waals surface area contributed by atoms with E-state index in [4.69, 9.17) is 5.11 Å². The van der Waals surface area contributed by atoms with Gasteiger partial charge in [-0.05, 0) is 24.7 Å². The van der Waals surface area contributed by atoms with Crippen molar-refractivity contribution in [2.24, 2.45) is 0 Å². The fraction of sp³-hybridized carbons (Fsp3) is 0.273. The molecule has 4 nitrogen and oxygen atoms in total. The maximum absolute atomic E-state index is 10.6. The fourth-order valence-electron chi connectivity index (χ4n) is 1.26. The average Bonchev–Trinajstić information content (AvgIpc) is 2.18. The zero-order chi connectivity index (χ0) is 11.3. The molecule has 4 heteroatoms. The van der Waals surface area contributed by atoms with E-state index in [1.165, 1.54) is 0 Å². The van der Waals surface area contributed by atoms with Crippen LogP contribution in [0, 0.1) is 0 Å². The molecule has 0 fully saturated rings. The summed E-state index contributed by atoms with van der Waals surface area (Å²) >= 11 is 0. The highest BCUT2D eigenvalue weighted by Gasteiger charge is 2.03. The van der Waals surface area contributed by atoms with Crippen molar-refractivity contribution >= 4 is 12.3 Å². The summed E-state index contributed by atoms with van der Waals surface area (Å²) in [5.41, 5.74) is 1.26. The summed E-state index contributed by atoms with van der Waals surface area (Å²) in [6, 6.07) is 6.63. The van der Waals surface area contributed by atoms with Crippen molar-refractivity contribution < 1.29 is 14.7 Å².